The van der Waals surface area contributed by atoms with E-state index >= 15 is 0 Å². The van der Waals surface area contributed by atoms with E-state index in [2.05, 4.69) is 4.98 Å². The monoisotopic (exact) mass is 249 g/mol. The van der Waals surface area contributed by atoms with E-state index in [0.717, 1.165) is 22.4 Å². The van der Waals surface area contributed by atoms with Crippen molar-refractivity contribution in [1.82, 2.24) is 4.98 Å². The van der Waals surface area contributed by atoms with Crippen molar-refractivity contribution < 1.29 is 4.92 Å². The van der Waals surface area contributed by atoms with Crippen molar-refractivity contribution in [3.63, 3.8) is 0 Å². The summed E-state index contributed by atoms with van der Waals surface area (Å²) in [5, 5.41) is 13.1. The van der Waals surface area contributed by atoms with Crippen molar-refractivity contribution >= 4 is 22.2 Å². The molecule has 0 amide bonds. The summed E-state index contributed by atoms with van der Waals surface area (Å²) in [6.45, 7) is 3.68. The van der Waals surface area contributed by atoms with Crippen LogP contribution >= 0.6 is 11.3 Å². The zero-order chi connectivity index (χ0) is 12.6. The third-order valence-corrected chi connectivity index (χ3v) is 3.18. The van der Waals surface area contributed by atoms with Gasteiger partial charge in [-0.25, -0.2) is 4.98 Å². The van der Waals surface area contributed by atoms with Gasteiger partial charge in [0.25, 0.3) is 5.69 Å². The van der Waals surface area contributed by atoms with E-state index in [1.807, 2.05) is 19.2 Å². The fourth-order valence-corrected chi connectivity index (χ4v) is 2.41. The van der Waals surface area contributed by atoms with Gasteiger partial charge in [0, 0.05) is 23.1 Å². The SMILES string of the molecule is Cc1cc([N+](=O)[O-])cc(C)c1-c1csc(N)n1. The molecule has 1 aromatic heterocycles. The van der Waals surface area contributed by atoms with Crippen LogP contribution in [0, 0.1) is 24.0 Å². The average Bonchev–Trinajstić information content (AvgIpc) is 2.63. The van der Waals surface area contributed by atoms with E-state index in [9.17, 15) is 10.1 Å². The third kappa shape index (κ3) is 2.12. The summed E-state index contributed by atoms with van der Waals surface area (Å²) in [7, 11) is 0. The second-order valence-electron chi connectivity index (χ2n) is 3.78. The van der Waals surface area contributed by atoms with Crippen molar-refractivity contribution in [2.75, 3.05) is 5.73 Å². The molecule has 0 aliphatic heterocycles. The molecule has 0 saturated heterocycles. The summed E-state index contributed by atoms with van der Waals surface area (Å²) in [5.41, 5.74) is 9.06. The average molecular weight is 249 g/mol. The van der Waals surface area contributed by atoms with Crippen molar-refractivity contribution in [1.29, 1.82) is 0 Å². The first kappa shape index (κ1) is 11.5. The molecule has 2 N–H and O–H groups in total. The predicted octanol–water partition coefficient (Wildman–Crippen LogP) is 2.92. The van der Waals surface area contributed by atoms with E-state index in [-0.39, 0.29) is 10.6 Å². The second kappa shape index (κ2) is 4.14. The van der Waals surface area contributed by atoms with Crippen LogP contribution in [0.1, 0.15) is 11.1 Å². The van der Waals surface area contributed by atoms with Gasteiger partial charge >= 0.3 is 0 Å². The van der Waals surface area contributed by atoms with Gasteiger partial charge in [-0.15, -0.1) is 11.3 Å². The molecule has 0 bridgehead atoms. The van der Waals surface area contributed by atoms with Gasteiger partial charge in [-0.05, 0) is 25.0 Å². The lowest BCUT2D eigenvalue weighted by molar-refractivity contribution is -0.384. The molecule has 0 spiro atoms. The first-order valence-electron chi connectivity index (χ1n) is 4.96. The Balaban J connectivity index is 2.60. The number of anilines is 1. The Kier molecular flexibility index (Phi) is 2.81. The van der Waals surface area contributed by atoms with Crippen LogP contribution in [-0.4, -0.2) is 9.91 Å². The van der Waals surface area contributed by atoms with Crippen molar-refractivity contribution in [2.24, 2.45) is 0 Å². The highest BCUT2D eigenvalue weighted by molar-refractivity contribution is 7.13. The largest absolute Gasteiger partial charge is 0.375 e. The molecule has 5 nitrogen and oxygen atoms in total. The molecule has 0 saturated carbocycles. The number of rotatable bonds is 2. The third-order valence-electron chi connectivity index (χ3n) is 2.51. The molecule has 0 atom stereocenters. The molecule has 2 rings (SSSR count). The number of benzene rings is 1. The number of nitrogen functional groups attached to an aromatic ring is 1. The second-order valence-corrected chi connectivity index (χ2v) is 4.67. The van der Waals surface area contributed by atoms with Crippen LogP contribution in [0.4, 0.5) is 10.8 Å². The van der Waals surface area contributed by atoms with E-state index in [1.54, 1.807) is 12.1 Å². The number of non-ortho nitro benzene ring substituents is 1. The quantitative estimate of drug-likeness (QED) is 0.655. The van der Waals surface area contributed by atoms with Gasteiger partial charge in [-0.3, -0.25) is 10.1 Å². The zero-order valence-corrected chi connectivity index (χ0v) is 10.2. The minimum Gasteiger partial charge on any atom is -0.375 e. The molecular weight excluding hydrogens is 238 g/mol. The molecule has 2 aromatic rings. The van der Waals surface area contributed by atoms with Crippen molar-refractivity contribution in [3.8, 4) is 11.3 Å². The van der Waals surface area contributed by atoms with Gasteiger partial charge in [0.05, 0.1) is 10.6 Å². The Morgan fingerprint density at radius 3 is 2.35 bits per heavy atom. The van der Waals surface area contributed by atoms with Gasteiger partial charge in [0.15, 0.2) is 5.13 Å². The number of thiazole rings is 1. The predicted molar refractivity (Wildman–Crippen MR) is 68.1 cm³/mol. The molecule has 0 aliphatic carbocycles. The summed E-state index contributed by atoms with van der Waals surface area (Å²) in [5.74, 6) is 0. The van der Waals surface area contributed by atoms with Gasteiger partial charge in [0.1, 0.15) is 0 Å². The van der Waals surface area contributed by atoms with Crippen LogP contribution in [0.25, 0.3) is 11.3 Å². The van der Waals surface area contributed by atoms with E-state index in [1.165, 1.54) is 11.3 Å². The van der Waals surface area contributed by atoms with Gasteiger partial charge in [0.2, 0.25) is 0 Å². The Labute approximate surface area is 102 Å². The Morgan fingerprint density at radius 2 is 1.94 bits per heavy atom. The molecule has 17 heavy (non-hydrogen) atoms. The van der Waals surface area contributed by atoms with Crippen LogP contribution in [0.15, 0.2) is 17.5 Å². The van der Waals surface area contributed by atoms with E-state index in [0.29, 0.717) is 5.13 Å². The standard InChI is InChI=1S/C11H11N3O2S/c1-6-3-8(14(15)16)4-7(2)10(6)9-5-17-11(12)13-9/h3-5H,1-2H3,(H2,12,13). The summed E-state index contributed by atoms with van der Waals surface area (Å²) >= 11 is 1.36. The minimum atomic E-state index is -0.390. The lowest BCUT2D eigenvalue weighted by Crippen LogP contribution is -1.94. The van der Waals surface area contributed by atoms with E-state index < -0.39 is 0 Å². The molecule has 0 unspecified atom stereocenters. The number of nitrogens with two attached hydrogens (primary N) is 1. The fraction of sp³-hybridized carbons (Fsp3) is 0.182. The highest BCUT2D eigenvalue weighted by atomic mass is 32.1. The van der Waals surface area contributed by atoms with Gasteiger partial charge in [-0.2, -0.15) is 0 Å². The van der Waals surface area contributed by atoms with E-state index in [4.69, 9.17) is 5.73 Å². The molecule has 6 heteroatoms. The molecule has 1 heterocycles. The highest BCUT2D eigenvalue weighted by Gasteiger charge is 2.14. The minimum absolute atomic E-state index is 0.104. The van der Waals surface area contributed by atoms with Crippen molar-refractivity contribution in [2.45, 2.75) is 13.8 Å². The molecule has 0 fully saturated rings. The Bertz CT molecular complexity index is 569. The number of nitrogens with zero attached hydrogens (tertiary/aromatic N) is 2. The molecule has 0 aliphatic rings. The Morgan fingerprint density at radius 1 is 1.35 bits per heavy atom. The van der Waals surface area contributed by atoms with Gasteiger partial charge < -0.3 is 5.73 Å². The summed E-state index contributed by atoms with van der Waals surface area (Å²) < 4.78 is 0. The highest BCUT2D eigenvalue weighted by Crippen LogP contribution is 2.31. The topological polar surface area (TPSA) is 82.0 Å². The number of aryl methyl sites for hydroxylation is 2. The Hall–Kier alpha value is -1.95. The lowest BCUT2D eigenvalue weighted by atomic mass is 10.00. The number of nitro groups is 1. The normalized spacial score (nSPS) is 10.5. The number of hydrogen-bond acceptors (Lipinski definition) is 5. The van der Waals surface area contributed by atoms with Crippen LogP contribution in [0.3, 0.4) is 0 Å². The smallest absolute Gasteiger partial charge is 0.269 e. The first-order valence-corrected chi connectivity index (χ1v) is 5.84. The number of nitro benzene ring substituents is 1. The molecule has 0 radical (unpaired) electrons. The zero-order valence-electron chi connectivity index (χ0n) is 9.43. The van der Waals surface area contributed by atoms with Crippen LogP contribution in [0.2, 0.25) is 0 Å². The summed E-state index contributed by atoms with van der Waals surface area (Å²) in [4.78, 5) is 14.5. The maximum Gasteiger partial charge on any atom is 0.269 e. The molecule has 88 valence electrons. The van der Waals surface area contributed by atoms with Crippen LogP contribution in [-0.2, 0) is 0 Å². The summed E-state index contributed by atoms with van der Waals surface area (Å²) in [6.07, 6.45) is 0. The van der Waals surface area contributed by atoms with Crippen LogP contribution in [0.5, 0.6) is 0 Å². The maximum absolute atomic E-state index is 10.7. The number of aromatic nitrogens is 1. The lowest BCUT2D eigenvalue weighted by Gasteiger charge is -2.06. The van der Waals surface area contributed by atoms with Crippen LogP contribution < -0.4 is 5.73 Å². The van der Waals surface area contributed by atoms with Crippen molar-refractivity contribution in [3.05, 3.63) is 38.8 Å². The van der Waals surface area contributed by atoms with Gasteiger partial charge in [-0.1, -0.05) is 0 Å². The number of hydrogen-bond donors (Lipinski definition) is 1. The molecular formula is C11H11N3O2S. The molecule has 1 aromatic carbocycles. The summed E-state index contributed by atoms with van der Waals surface area (Å²) in [6, 6.07) is 3.11. The maximum atomic E-state index is 10.7. The first-order chi connectivity index (χ1) is 7.99. The fourth-order valence-electron chi connectivity index (χ4n) is 1.85.